The monoisotopic (exact) mass is 154 g/mol. The summed E-state index contributed by atoms with van der Waals surface area (Å²) in [6.07, 6.45) is 0. The van der Waals surface area contributed by atoms with Crippen molar-refractivity contribution in [3.63, 3.8) is 0 Å². The number of nitrogens with zero attached hydrogens (tertiary/aromatic N) is 4. The van der Waals surface area contributed by atoms with Gasteiger partial charge in [-0.05, 0) is 9.96 Å². The number of hydrogen-bond donors (Lipinski definition) is 1. The molecule has 0 amide bonds. The summed E-state index contributed by atoms with van der Waals surface area (Å²) in [5.74, 6) is -0.960. The zero-order valence-electron chi connectivity index (χ0n) is 5.61. The van der Waals surface area contributed by atoms with E-state index >= 15 is 0 Å². The summed E-state index contributed by atoms with van der Waals surface area (Å²) >= 11 is 0. The number of nitrogens with one attached hydrogen (secondary N) is 1. The molecule has 7 nitrogen and oxygen atoms in total. The van der Waals surface area contributed by atoms with Crippen molar-refractivity contribution < 1.29 is 9.53 Å². The van der Waals surface area contributed by atoms with Crippen LogP contribution in [0.5, 0.6) is 0 Å². The van der Waals surface area contributed by atoms with Crippen molar-refractivity contribution in [2.24, 2.45) is 0 Å². The van der Waals surface area contributed by atoms with Gasteiger partial charge in [0.2, 0.25) is 0 Å². The van der Waals surface area contributed by atoms with Crippen molar-refractivity contribution in [1.82, 2.24) is 15.2 Å². The molecule has 0 unspecified atom stereocenters. The second-order valence-electron chi connectivity index (χ2n) is 1.58. The number of aromatic amines is 1. The minimum absolute atomic E-state index is 0.0969. The quantitative estimate of drug-likeness (QED) is 0.456. The molecule has 0 aliphatic carbocycles. The summed E-state index contributed by atoms with van der Waals surface area (Å²) in [4.78, 5) is 16.8. The van der Waals surface area contributed by atoms with E-state index in [9.17, 15) is 4.79 Å². The summed E-state index contributed by atoms with van der Waals surface area (Å²) in [5, 5.41) is 13.7. The highest BCUT2D eigenvalue weighted by Crippen LogP contribution is 2.01. The van der Waals surface area contributed by atoms with Crippen LogP contribution in [-0.4, -0.2) is 28.3 Å². The lowest BCUT2D eigenvalue weighted by Gasteiger charge is -1.85. The van der Waals surface area contributed by atoms with Crippen molar-refractivity contribution in [1.29, 1.82) is 5.39 Å². The molecule has 0 saturated heterocycles. The molecule has 56 valence electrons. The first kappa shape index (κ1) is 7.14. The maximum absolute atomic E-state index is 10.7. The van der Waals surface area contributed by atoms with Crippen LogP contribution < -0.4 is 0 Å². The van der Waals surface area contributed by atoms with E-state index in [1.807, 2.05) is 0 Å². The van der Waals surface area contributed by atoms with Gasteiger partial charge in [-0.25, -0.2) is 4.79 Å². The van der Waals surface area contributed by atoms with E-state index in [0.717, 1.165) is 0 Å². The van der Waals surface area contributed by atoms with Gasteiger partial charge in [0.25, 0.3) is 0 Å². The van der Waals surface area contributed by atoms with E-state index in [4.69, 9.17) is 5.39 Å². The smallest absolute Gasteiger partial charge is 0.462 e. The van der Waals surface area contributed by atoms with Gasteiger partial charge >= 0.3 is 17.7 Å². The Bertz CT molecular complexity index is 311. The Balaban J connectivity index is 2.91. The molecule has 0 bridgehead atoms. The Morgan fingerprint density at radius 3 is 3.00 bits per heavy atom. The molecule has 0 saturated carbocycles. The Morgan fingerprint density at radius 2 is 2.55 bits per heavy atom. The molecule has 0 aliphatic heterocycles. The highest BCUT2D eigenvalue weighted by atomic mass is 16.5. The molecule has 0 atom stereocenters. The first-order chi connectivity index (χ1) is 5.27. The van der Waals surface area contributed by atoms with Crippen LogP contribution in [0.3, 0.4) is 0 Å². The topological polar surface area (TPSA) is 96.0 Å². The van der Waals surface area contributed by atoms with Crippen molar-refractivity contribution in [3.8, 4) is 0 Å². The predicted octanol–water partition coefficient (Wildman–Crippen LogP) is 0.0759. The Hall–Kier alpha value is -1.97. The number of methoxy groups -OCH3 is 1. The van der Waals surface area contributed by atoms with Crippen molar-refractivity contribution >= 4 is 11.9 Å². The van der Waals surface area contributed by atoms with Crippen LogP contribution in [0.25, 0.3) is 4.98 Å². The Kier molecular flexibility index (Phi) is 1.78. The summed E-state index contributed by atoms with van der Waals surface area (Å²) in [6.45, 7) is 0. The van der Waals surface area contributed by atoms with E-state index in [2.05, 4.69) is 24.9 Å². The number of carbonyl (C=O) groups is 1. The molecule has 0 aromatic carbocycles. The molecule has 1 rings (SSSR count). The lowest BCUT2D eigenvalue weighted by atomic mass is 10.6. The zero-order valence-corrected chi connectivity index (χ0v) is 5.61. The van der Waals surface area contributed by atoms with Gasteiger partial charge in [-0.1, -0.05) is 0 Å². The molecule has 7 heteroatoms. The summed E-state index contributed by atoms with van der Waals surface area (Å²) < 4.78 is 4.30. The van der Waals surface area contributed by atoms with Gasteiger partial charge in [-0.3, -0.25) is 0 Å². The van der Waals surface area contributed by atoms with Crippen LogP contribution in [0.15, 0.2) is 0 Å². The first-order valence-electron chi connectivity index (χ1n) is 2.63. The molecule has 1 aromatic heterocycles. The van der Waals surface area contributed by atoms with Gasteiger partial charge in [-0.15, -0.1) is 0 Å². The highest BCUT2D eigenvalue weighted by molar-refractivity contribution is 5.85. The molecule has 0 fully saturated rings. The van der Waals surface area contributed by atoms with E-state index < -0.39 is 5.97 Å². The fourth-order valence-electron chi connectivity index (χ4n) is 0.486. The average molecular weight is 154 g/mol. The van der Waals surface area contributed by atoms with Gasteiger partial charge in [0.15, 0.2) is 0 Å². The third kappa shape index (κ3) is 1.29. The minimum Gasteiger partial charge on any atom is -0.462 e. The van der Waals surface area contributed by atoms with Crippen LogP contribution in [0.4, 0.5) is 5.95 Å². The number of esters is 1. The number of ether oxygens (including phenoxy) is 1. The van der Waals surface area contributed by atoms with E-state index in [1.54, 1.807) is 0 Å². The molecule has 1 N–H and O–H groups in total. The summed E-state index contributed by atoms with van der Waals surface area (Å²) in [5.41, 5.74) is 0. The molecule has 0 spiro atoms. The van der Waals surface area contributed by atoms with Crippen LogP contribution in [0, 0.1) is 5.39 Å². The SMILES string of the molecule is COC(=O)c1nc([N+]#N)n[nH]1. The fourth-order valence-corrected chi connectivity index (χ4v) is 0.486. The number of hydrogen-bond acceptors (Lipinski definition) is 5. The van der Waals surface area contributed by atoms with E-state index in [0.29, 0.717) is 0 Å². The molecule has 0 aliphatic rings. The van der Waals surface area contributed by atoms with Crippen LogP contribution in [-0.2, 0) is 4.74 Å². The minimum atomic E-state index is -0.660. The molecule has 1 aromatic rings. The number of diazo groups is 1. The molecule has 11 heavy (non-hydrogen) atoms. The van der Waals surface area contributed by atoms with Gasteiger partial charge in [0.05, 0.1) is 12.5 Å². The fraction of sp³-hybridized carbons (Fsp3) is 0.250. The number of H-pyrrole nitrogens is 1. The second kappa shape index (κ2) is 2.74. The maximum Gasteiger partial charge on any atom is 0.583 e. The van der Waals surface area contributed by atoms with Crippen molar-refractivity contribution in [3.05, 3.63) is 10.8 Å². The lowest BCUT2D eigenvalue weighted by molar-refractivity contribution is 0.0587. The summed E-state index contributed by atoms with van der Waals surface area (Å²) in [6, 6.07) is 0. The Morgan fingerprint density at radius 1 is 1.82 bits per heavy atom. The van der Waals surface area contributed by atoms with Gasteiger partial charge < -0.3 is 4.74 Å². The second-order valence-corrected chi connectivity index (χ2v) is 1.58. The number of carbonyl (C=O) groups excluding carboxylic acids is 1. The first-order valence-corrected chi connectivity index (χ1v) is 2.63. The zero-order chi connectivity index (χ0) is 8.27. The van der Waals surface area contributed by atoms with Crippen molar-refractivity contribution in [2.45, 2.75) is 0 Å². The summed E-state index contributed by atoms with van der Waals surface area (Å²) in [7, 11) is 1.21. The molecular formula is C4H4N5O2+. The highest BCUT2D eigenvalue weighted by Gasteiger charge is 2.21. The normalized spacial score (nSPS) is 8.73. The average Bonchev–Trinajstić information content (AvgIpc) is 2.50. The largest absolute Gasteiger partial charge is 0.583 e. The predicted molar refractivity (Wildman–Crippen MR) is 32.5 cm³/mol. The maximum atomic E-state index is 10.7. The molecular weight excluding hydrogens is 150 g/mol. The number of rotatable bonds is 1. The van der Waals surface area contributed by atoms with Gasteiger partial charge in [0.1, 0.15) is 0 Å². The van der Waals surface area contributed by atoms with Crippen LogP contribution >= 0.6 is 0 Å². The standard InChI is InChI=1S/C4H3N5O2/c1-11-3(10)2-6-4(7-5)9-8-2/h1H3/p+1. The number of aromatic nitrogens is 3. The van der Waals surface area contributed by atoms with E-state index in [-0.39, 0.29) is 11.8 Å². The van der Waals surface area contributed by atoms with E-state index in [1.165, 1.54) is 7.11 Å². The van der Waals surface area contributed by atoms with Crippen LogP contribution in [0.1, 0.15) is 10.6 Å². The van der Waals surface area contributed by atoms with Gasteiger partial charge in [-0.2, -0.15) is 5.10 Å². The third-order valence-electron chi connectivity index (χ3n) is 0.942. The lowest BCUT2D eigenvalue weighted by Crippen LogP contribution is -2.03. The molecule has 1 heterocycles. The Labute approximate surface area is 61.0 Å². The third-order valence-corrected chi connectivity index (χ3v) is 0.942. The van der Waals surface area contributed by atoms with Crippen molar-refractivity contribution in [2.75, 3.05) is 7.11 Å². The molecule has 0 radical (unpaired) electrons. The van der Waals surface area contributed by atoms with Crippen LogP contribution in [0.2, 0.25) is 0 Å². The van der Waals surface area contributed by atoms with Gasteiger partial charge in [0, 0.05) is 5.10 Å².